The van der Waals surface area contributed by atoms with E-state index in [-0.39, 0.29) is 19.3 Å². The molecular weight excluding hydrogens is 515 g/mol. The van der Waals surface area contributed by atoms with Crippen LogP contribution in [0.1, 0.15) is 22.9 Å². The van der Waals surface area contributed by atoms with Crippen LogP contribution < -0.4 is 9.47 Å². The lowest BCUT2D eigenvalue weighted by Gasteiger charge is -2.33. The number of nitrogens with one attached hydrogen (secondary N) is 1. The molecule has 2 unspecified atom stereocenters. The van der Waals surface area contributed by atoms with E-state index in [4.69, 9.17) is 33.0 Å². The molecule has 3 aromatic carbocycles. The predicted octanol–water partition coefficient (Wildman–Crippen LogP) is 5.01. The van der Waals surface area contributed by atoms with Gasteiger partial charge in [-0.15, -0.1) is 0 Å². The summed E-state index contributed by atoms with van der Waals surface area (Å²) in [7, 11) is 2.13. The Labute approximate surface area is 225 Å². The summed E-state index contributed by atoms with van der Waals surface area (Å²) in [6.07, 6.45) is 0.123. The first-order valence-corrected chi connectivity index (χ1v) is 12.5. The van der Waals surface area contributed by atoms with E-state index in [2.05, 4.69) is 33.8 Å². The van der Waals surface area contributed by atoms with Gasteiger partial charge >= 0.3 is 0 Å². The van der Waals surface area contributed by atoms with Gasteiger partial charge in [0.1, 0.15) is 24.2 Å². The van der Waals surface area contributed by atoms with Crippen molar-refractivity contribution < 1.29 is 24.5 Å². The topological polar surface area (TPSA) is 95.0 Å². The first-order valence-electron chi connectivity index (χ1n) is 11.8. The third kappa shape index (κ3) is 6.44. The Balaban J connectivity index is 0.000000270. The average Bonchev–Trinajstić information content (AvgIpc) is 3.27. The lowest BCUT2D eigenvalue weighted by molar-refractivity contribution is -0.120. The number of aliphatic hydroxyl groups is 2. The van der Waals surface area contributed by atoms with Crippen LogP contribution in [-0.2, 0) is 11.2 Å². The van der Waals surface area contributed by atoms with Crippen LogP contribution in [0.4, 0.5) is 0 Å². The van der Waals surface area contributed by atoms with E-state index >= 15 is 0 Å². The van der Waals surface area contributed by atoms with Gasteiger partial charge < -0.3 is 24.7 Å². The lowest BCUT2D eigenvalue weighted by Crippen LogP contribution is -2.32. The van der Waals surface area contributed by atoms with Gasteiger partial charge in [-0.25, -0.2) is 0 Å². The number of ether oxygens (including phenoxy) is 2. The summed E-state index contributed by atoms with van der Waals surface area (Å²) in [6.45, 7) is 1.09. The maximum atomic E-state index is 9.85. The molecule has 0 radical (unpaired) electrons. The second-order valence-electron chi connectivity index (χ2n) is 8.70. The van der Waals surface area contributed by atoms with Crippen LogP contribution in [0, 0.1) is 0 Å². The summed E-state index contributed by atoms with van der Waals surface area (Å²) < 4.78 is 10.0. The van der Waals surface area contributed by atoms with Gasteiger partial charge in [0.05, 0.1) is 17.7 Å². The van der Waals surface area contributed by atoms with E-state index in [0.717, 1.165) is 23.5 Å². The zero-order valence-corrected chi connectivity index (χ0v) is 21.7. The third-order valence-electron chi connectivity index (χ3n) is 6.19. The van der Waals surface area contributed by atoms with Crippen LogP contribution in [0.5, 0.6) is 11.5 Å². The van der Waals surface area contributed by atoms with Crippen molar-refractivity contribution in [2.75, 3.05) is 26.8 Å². The van der Waals surface area contributed by atoms with Crippen LogP contribution in [0.3, 0.4) is 0 Å². The van der Waals surface area contributed by atoms with Crippen LogP contribution in [0.15, 0.2) is 66.7 Å². The molecule has 9 heteroatoms. The number of aliphatic hydroxyl groups excluding tert-OH is 2. The molecule has 1 aliphatic heterocycles. The van der Waals surface area contributed by atoms with E-state index in [1.165, 1.54) is 22.2 Å². The maximum Gasteiger partial charge on any atom is 0.298 e. The highest BCUT2D eigenvalue weighted by atomic mass is 35.5. The Bertz CT molecular complexity index is 1340. The Morgan fingerprint density at radius 2 is 1.89 bits per heavy atom. The molecule has 0 spiro atoms. The second-order valence-corrected chi connectivity index (χ2v) is 9.54. The summed E-state index contributed by atoms with van der Waals surface area (Å²) in [5.41, 5.74) is 4.83. The van der Waals surface area contributed by atoms with Crippen molar-refractivity contribution in [3.63, 3.8) is 0 Å². The number of carbonyl (C=O) groups excluding carboxylic acids is 1. The number of rotatable bonds is 7. The number of nitrogens with zero attached hydrogens (tertiary/aromatic N) is 1. The van der Waals surface area contributed by atoms with Crippen LogP contribution in [0.25, 0.3) is 10.9 Å². The quantitative estimate of drug-likeness (QED) is 0.284. The molecule has 0 amide bonds. The van der Waals surface area contributed by atoms with Crippen LogP contribution in [0.2, 0.25) is 10.0 Å². The van der Waals surface area contributed by atoms with Gasteiger partial charge in [0.15, 0.2) is 0 Å². The molecule has 0 bridgehead atoms. The summed E-state index contributed by atoms with van der Waals surface area (Å²) in [5.74, 6) is 1.06. The minimum Gasteiger partial charge on any atom is -0.491 e. The highest BCUT2D eigenvalue weighted by Crippen LogP contribution is 2.38. The predicted molar refractivity (Wildman–Crippen MR) is 145 cm³/mol. The lowest BCUT2D eigenvalue weighted by atomic mass is 9.93. The van der Waals surface area contributed by atoms with E-state index in [1.54, 1.807) is 24.3 Å². The Hall–Kier alpha value is -3.07. The van der Waals surface area contributed by atoms with Crippen molar-refractivity contribution in [2.45, 2.75) is 18.6 Å². The molecule has 2 heterocycles. The van der Waals surface area contributed by atoms with Gasteiger partial charge in [-0.05, 0) is 67.1 Å². The molecular formula is C28H28Cl2N2O5. The number of hydrogen-bond donors (Lipinski definition) is 3. The van der Waals surface area contributed by atoms with Crippen molar-refractivity contribution >= 4 is 40.6 Å². The number of fused-ring (bicyclic) bond motifs is 3. The number of para-hydroxylation sites is 1. The smallest absolute Gasteiger partial charge is 0.298 e. The summed E-state index contributed by atoms with van der Waals surface area (Å²) in [6, 6.07) is 20.8. The maximum absolute atomic E-state index is 9.85. The summed E-state index contributed by atoms with van der Waals surface area (Å²) in [5, 5.41) is 20.7. The number of aromatic nitrogens is 1. The molecule has 5 rings (SSSR count). The highest BCUT2D eigenvalue weighted by molar-refractivity contribution is 6.32. The molecule has 1 aliphatic rings. The fourth-order valence-corrected chi connectivity index (χ4v) is 4.74. The van der Waals surface area contributed by atoms with Crippen molar-refractivity contribution in [3.05, 3.63) is 93.6 Å². The molecule has 0 saturated carbocycles. The number of halogens is 2. The largest absolute Gasteiger partial charge is 0.491 e. The standard InChI is InChI=1S/C21H23ClN2O3.C7H5ClO2/c1-24-9-8-17-18-10-14(22)4-7-19(18)23-20(17)21(24)13-2-5-16(6-3-13)27-12-15(26)11-25;8-6-3-1-2-4-7(6)10-5-9/h2-7,10,15,21,23,25-26H,8-9,11-12H2,1H3;1-5H. The SMILES string of the molecule is CN1CCc2c([nH]c3ccc(Cl)cc23)C1c1ccc(OCC(O)CO)cc1.O=COc1ccccc1Cl. The summed E-state index contributed by atoms with van der Waals surface area (Å²) in [4.78, 5) is 15.8. The molecule has 194 valence electrons. The molecule has 2 atom stereocenters. The van der Waals surface area contributed by atoms with E-state index in [9.17, 15) is 9.90 Å². The van der Waals surface area contributed by atoms with Gasteiger partial charge in [0, 0.05) is 28.2 Å². The minimum atomic E-state index is -0.866. The highest BCUT2D eigenvalue weighted by Gasteiger charge is 2.29. The number of aromatic amines is 1. The second kappa shape index (κ2) is 12.4. The van der Waals surface area contributed by atoms with Gasteiger partial charge in [-0.1, -0.05) is 47.5 Å². The molecule has 0 fully saturated rings. The van der Waals surface area contributed by atoms with Crippen molar-refractivity contribution in [3.8, 4) is 11.5 Å². The first-order chi connectivity index (χ1) is 17.9. The minimum absolute atomic E-state index is 0.0755. The average molecular weight is 543 g/mol. The monoisotopic (exact) mass is 542 g/mol. The molecule has 7 nitrogen and oxygen atoms in total. The zero-order valence-electron chi connectivity index (χ0n) is 20.2. The van der Waals surface area contributed by atoms with Crippen LogP contribution >= 0.6 is 23.2 Å². The summed E-state index contributed by atoms with van der Waals surface area (Å²) >= 11 is 11.8. The van der Waals surface area contributed by atoms with Gasteiger partial charge in [-0.2, -0.15) is 0 Å². The Morgan fingerprint density at radius 3 is 2.59 bits per heavy atom. The van der Waals surface area contributed by atoms with Crippen molar-refractivity contribution in [1.82, 2.24) is 9.88 Å². The van der Waals surface area contributed by atoms with Gasteiger partial charge in [0.25, 0.3) is 6.47 Å². The number of H-pyrrole nitrogens is 1. The first kappa shape index (κ1) is 27.0. The molecule has 0 aliphatic carbocycles. The number of hydrogen-bond acceptors (Lipinski definition) is 6. The Kier molecular flexibility index (Phi) is 9.08. The van der Waals surface area contributed by atoms with Gasteiger partial charge in [-0.3, -0.25) is 9.69 Å². The number of benzene rings is 3. The molecule has 37 heavy (non-hydrogen) atoms. The van der Waals surface area contributed by atoms with E-state index < -0.39 is 6.10 Å². The number of carbonyl (C=O) groups is 1. The fourth-order valence-electron chi connectivity index (χ4n) is 4.39. The van der Waals surface area contributed by atoms with Crippen LogP contribution in [-0.4, -0.2) is 59.5 Å². The molecule has 1 aromatic heterocycles. The zero-order chi connectivity index (χ0) is 26.4. The van der Waals surface area contributed by atoms with Crippen molar-refractivity contribution in [1.29, 1.82) is 0 Å². The van der Waals surface area contributed by atoms with E-state index in [1.807, 2.05) is 30.3 Å². The van der Waals surface area contributed by atoms with Gasteiger partial charge in [0.2, 0.25) is 0 Å². The fraction of sp³-hybridized carbons (Fsp3) is 0.250. The molecule has 4 aromatic rings. The third-order valence-corrected chi connectivity index (χ3v) is 6.74. The Morgan fingerprint density at radius 1 is 1.14 bits per heavy atom. The van der Waals surface area contributed by atoms with E-state index in [0.29, 0.717) is 23.0 Å². The van der Waals surface area contributed by atoms with Crippen molar-refractivity contribution in [2.24, 2.45) is 0 Å². The molecule has 3 N–H and O–H groups in total. The normalized spacial score (nSPS) is 15.9. The molecule has 0 saturated heterocycles. The number of likely N-dealkylation sites (N-methyl/N-ethyl adjacent to an activating group) is 1.